The molecule has 3 aromatic carbocycles. The first kappa shape index (κ1) is 16.1. The Bertz CT molecular complexity index is 1190. The maximum Gasteiger partial charge on any atom is 0.250 e. The largest absolute Gasteiger partial charge is 0.366 e. The van der Waals surface area contributed by atoms with Crippen LogP contribution in [0.3, 0.4) is 0 Å². The predicted molar refractivity (Wildman–Crippen MR) is 104 cm³/mol. The number of hydrogen-bond acceptors (Lipinski definition) is 1. The number of H-pyrrole nitrogens is 1. The first-order valence-electron chi connectivity index (χ1n) is 8.36. The van der Waals surface area contributed by atoms with Crippen LogP contribution in [0.5, 0.6) is 0 Å². The van der Waals surface area contributed by atoms with Crippen LogP contribution in [-0.4, -0.2) is 10.9 Å². The van der Waals surface area contributed by atoms with Crippen LogP contribution in [0, 0.1) is 5.82 Å². The topological polar surface area (TPSA) is 58.9 Å². The van der Waals surface area contributed by atoms with Gasteiger partial charge in [0, 0.05) is 21.9 Å². The van der Waals surface area contributed by atoms with E-state index in [4.69, 9.17) is 5.73 Å². The molecular weight excluding hydrogens is 327 g/mol. The molecule has 0 radical (unpaired) electrons. The Balaban J connectivity index is 2.16. The molecule has 0 fully saturated rings. The van der Waals surface area contributed by atoms with Crippen LogP contribution in [0.25, 0.3) is 39.0 Å². The first-order valence-corrected chi connectivity index (χ1v) is 8.36. The molecule has 0 aliphatic rings. The summed E-state index contributed by atoms with van der Waals surface area (Å²) in [5.41, 5.74) is 9.24. The normalized spacial score (nSPS) is 11.6. The van der Waals surface area contributed by atoms with Crippen LogP contribution >= 0.6 is 0 Å². The molecule has 4 heteroatoms. The number of fused-ring (bicyclic) bond motifs is 3. The molecule has 0 bridgehead atoms. The van der Waals surface area contributed by atoms with Crippen molar-refractivity contribution in [1.29, 1.82) is 0 Å². The van der Waals surface area contributed by atoms with Crippen LogP contribution in [-0.2, 0) is 0 Å². The predicted octanol–water partition coefficient (Wildman–Crippen LogP) is 5.26. The molecule has 0 atom stereocenters. The lowest BCUT2D eigenvalue weighted by molar-refractivity contribution is 0.100. The second kappa shape index (κ2) is 6.15. The third-order valence-electron chi connectivity index (χ3n) is 4.54. The van der Waals surface area contributed by atoms with Crippen molar-refractivity contribution in [3.05, 3.63) is 77.6 Å². The van der Waals surface area contributed by atoms with Crippen molar-refractivity contribution in [2.75, 3.05) is 0 Å². The van der Waals surface area contributed by atoms with Crippen molar-refractivity contribution >= 4 is 33.8 Å². The summed E-state index contributed by atoms with van der Waals surface area (Å²) in [5.74, 6) is -1.12. The van der Waals surface area contributed by atoms with Crippen LogP contribution in [0.2, 0.25) is 0 Å². The fourth-order valence-corrected chi connectivity index (χ4v) is 3.46. The summed E-state index contributed by atoms with van der Waals surface area (Å²) >= 11 is 0. The van der Waals surface area contributed by atoms with E-state index in [2.05, 4.69) is 4.98 Å². The Labute approximate surface area is 149 Å². The van der Waals surface area contributed by atoms with E-state index in [1.165, 1.54) is 6.07 Å². The van der Waals surface area contributed by atoms with Gasteiger partial charge in [-0.1, -0.05) is 48.6 Å². The zero-order chi connectivity index (χ0) is 18.3. The fraction of sp³-hybridized carbons (Fsp3) is 0.0455. The lowest BCUT2D eigenvalue weighted by atomic mass is 9.95. The quantitative estimate of drug-likeness (QED) is 0.523. The molecule has 26 heavy (non-hydrogen) atoms. The van der Waals surface area contributed by atoms with E-state index < -0.39 is 11.7 Å². The lowest BCUT2D eigenvalue weighted by Gasteiger charge is -2.10. The maximum absolute atomic E-state index is 15.1. The highest BCUT2D eigenvalue weighted by Gasteiger charge is 2.20. The van der Waals surface area contributed by atoms with Crippen LogP contribution in [0.15, 0.2) is 60.7 Å². The Morgan fingerprint density at radius 2 is 1.92 bits per heavy atom. The van der Waals surface area contributed by atoms with Gasteiger partial charge in [0.15, 0.2) is 0 Å². The molecule has 0 spiro atoms. The number of halogens is 1. The van der Waals surface area contributed by atoms with Crippen LogP contribution in [0.1, 0.15) is 22.8 Å². The van der Waals surface area contributed by atoms with Gasteiger partial charge in [0.05, 0.1) is 11.1 Å². The van der Waals surface area contributed by atoms with Crippen molar-refractivity contribution < 1.29 is 9.18 Å². The van der Waals surface area contributed by atoms with Crippen LogP contribution < -0.4 is 5.73 Å². The number of amides is 1. The van der Waals surface area contributed by atoms with Gasteiger partial charge in [-0.25, -0.2) is 4.39 Å². The van der Waals surface area contributed by atoms with Gasteiger partial charge in [-0.2, -0.15) is 0 Å². The fourth-order valence-electron chi connectivity index (χ4n) is 3.46. The smallest absolute Gasteiger partial charge is 0.250 e. The average molecular weight is 344 g/mol. The Morgan fingerprint density at radius 3 is 2.69 bits per heavy atom. The van der Waals surface area contributed by atoms with Gasteiger partial charge in [0.25, 0.3) is 5.91 Å². The average Bonchev–Trinajstić information content (AvgIpc) is 3.01. The highest BCUT2D eigenvalue weighted by Crippen LogP contribution is 2.38. The van der Waals surface area contributed by atoms with E-state index in [-0.39, 0.29) is 5.56 Å². The maximum atomic E-state index is 15.1. The highest BCUT2D eigenvalue weighted by atomic mass is 19.1. The number of allylic oxidation sites excluding steroid dienone is 1. The molecule has 3 N–H and O–H groups in total. The monoisotopic (exact) mass is 344 g/mol. The van der Waals surface area contributed by atoms with Gasteiger partial charge in [-0.05, 0) is 36.2 Å². The summed E-state index contributed by atoms with van der Waals surface area (Å²) in [4.78, 5) is 15.1. The van der Waals surface area contributed by atoms with Crippen molar-refractivity contribution in [1.82, 2.24) is 4.98 Å². The van der Waals surface area contributed by atoms with Gasteiger partial charge >= 0.3 is 0 Å². The second-order valence-electron chi connectivity index (χ2n) is 6.19. The van der Waals surface area contributed by atoms with E-state index >= 15 is 4.39 Å². The van der Waals surface area contributed by atoms with Crippen LogP contribution in [0.4, 0.5) is 4.39 Å². The molecule has 0 saturated carbocycles. The zero-order valence-electron chi connectivity index (χ0n) is 14.2. The number of aromatic nitrogens is 1. The molecule has 0 saturated heterocycles. The van der Waals surface area contributed by atoms with E-state index in [1.54, 1.807) is 0 Å². The Kier molecular flexibility index (Phi) is 3.81. The highest BCUT2D eigenvalue weighted by molar-refractivity contribution is 6.19. The third kappa shape index (κ3) is 2.47. The third-order valence-corrected chi connectivity index (χ3v) is 4.54. The molecule has 1 heterocycles. The molecule has 0 unspecified atom stereocenters. The van der Waals surface area contributed by atoms with E-state index in [0.29, 0.717) is 16.5 Å². The molecule has 0 aliphatic heterocycles. The number of carbonyl (C=O) groups is 1. The summed E-state index contributed by atoms with van der Waals surface area (Å²) < 4.78 is 15.1. The number of rotatable bonds is 3. The number of aromatic amines is 1. The molecule has 3 nitrogen and oxygen atoms in total. The summed E-state index contributed by atoms with van der Waals surface area (Å²) in [5, 5.41) is 1.53. The minimum absolute atomic E-state index is 0.155. The van der Waals surface area contributed by atoms with Crippen molar-refractivity contribution in [2.45, 2.75) is 6.92 Å². The number of primary amides is 1. The number of carbonyl (C=O) groups excluding carboxylic acids is 1. The second-order valence-corrected chi connectivity index (χ2v) is 6.19. The standard InChI is InChI=1S/C22H17FN2O/c1-2-6-13-7-5-8-14(11-13)19-17(23)12-16(22(24)26)21-20(19)15-9-3-4-10-18(15)25-21/h2-12,25H,1H3,(H2,24,26)/b6-2+. The molecule has 0 aliphatic carbocycles. The summed E-state index contributed by atoms with van der Waals surface area (Å²) in [6.07, 6.45) is 3.90. The minimum Gasteiger partial charge on any atom is -0.366 e. The van der Waals surface area contributed by atoms with Gasteiger partial charge in [-0.15, -0.1) is 0 Å². The van der Waals surface area contributed by atoms with E-state index in [9.17, 15) is 4.79 Å². The summed E-state index contributed by atoms with van der Waals surface area (Å²) in [6, 6.07) is 16.5. The van der Waals surface area contributed by atoms with Crippen molar-refractivity contribution in [3.63, 3.8) is 0 Å². The Morgan fingerprint density at radius 1 is 1.12 bits per heavy atom. The van der Waals surface area contributed by atoms with Gasteiger partial charge < -0.3 is 10.7 Å². The summed E-state index contributed by atoms with van der Waals surface area (Å²) in [6.45, 7) is 1.94. The zero-order valence-corrected chi connectivity index (χ0v) is 14.2. The van der Waals surface area contributed by atoms with E-state index in [0.717, 1.165) is 22.0 Å². The number of nitrogens with two attached hydrogens (primary N) is 1. The summed E-state index contributed by atoms with van der Waals surface area (Å²) in [7, 11) is 0. The Hall–Kier alpha value is -3.40. The van der Waals surface area contributed by atoms with Gasteiger partial charge in [0.1, 0.15) is 5.82 Å². The van der Waals surface area contributed by atoms with Crippen molar-refractivity contribution in [2.24, 2.45) is 5.73 Å². The molecule has 1 amide bonds. The number of hydrogen-bond donors (Lipinski definition) is 2. The molecule has 4 aromatic rings. The molecular formula is C22H17FN2O. The molecule has 4 rings (SSSR count). The number of benzene rings is 3. The molecule has 1 aromatic heterocycles. The van der Waals surface area contributed by atoms with Crippen molar-refractivity contribution in [3.8, 4) is 11.1 Å². The van der Waals surface area contributed by atoms with Gasteiger partial charge in [-0.3, -0.25) is 4.79 Å². The molecule has 128 valence electrons. The number of para-hydroxylation sites is 1. The number of nitrogens with one attached hydrogen (secondary N) is 1. The lowest BCUT2D eigenvalue weighted by Crippen LogP contribution is -2.12. The minimum atomic E-state index is -0.658. The first-order chi connectivity index (χ1) is 12.6. The van der Waals surface area contributed by atoms with E-state index in [1.807, 2.05) is 67.6 Å². The SMILES string of the molecule is C/C=C/c1cccc(-c2c(F)cc(C(N)=O)c3[nH]c4ccccc4c23)c1. The van der Waals surface area contributed by atoms with Gasteiger partial charge in [0.2, 0.25) is 0 Å².